The minimum Gasteiger partial charge on any atom is -0.310 e. The number of nitrogens with one attached hydrogen (secondary N) is 1. The van der Waals surface area contributed by atoms with Gasteiger partial charge in [0.1, 0.15) is 0 Å². The molecule has 1 nitrogen and oxygen atoms in total. The predicted molar refractivity (Wildman–Crippen MR) is 72.1 cm³/mol. The molecule has 0 aliphatic rings. The van der Waals surface area contributed by atoms with Gasteiger partial charge in [0.2, 0.25) is 0 Å². The highest BCUT2D eigenvalue weighted by Crippen LogP contribution is 2.26. The summed E-state index contributed by atoms with van der Waals surface area (Å²) in [5, 5.41) is 4.44. The van der Waals surface area contributed by atoms with Crippen LogP contribution in [0.3, 0.4) is 0 Å². The number of rotatable bonds is 5. The molecule has 0 aromatic heterocycles. The molecule has 0 aliphatic heterocycles. The summed E-state index contributed by atoms with van der Waals surface area (Å²) >= 11 is 6.17. The quantitative estimate of drug-likeness (QED) is 0.806. The lowest BCUT2D eigenvalue weighted by atomic mass is 9.95. The van der Waals surface area contributed by atoms with Crippen LogP contribution in [0.25, 0.3) is 0 Å². The van der Waals surface area contributed by atoms with Crippen molar-refractivity contribution in [2.75, 3.05) is 6.54 Å². The maximum Gasteiger partial charge on any atom is 0.0438 e. The number of hydrogen-bond donors (Lipinski definition) is 1. The highest BCUT2D eigenvalue weighted by molar-refractivity contribution is 6.31. The van der Waals surface area contributed by atoms with Crippen molar-refractivity contribution < 1.29 is 0 Å². The molecule has 1 aromatic carbocycles. The van der Waals surface area contributed by atoms with Gasteiger partial charge in [0, 0.05) is 11.1 Å². The number of hydrogen-bond acceptors (Lipinski definition) is 1. The fourth-order valence-electron chi connectivity index (χ4n) is 1.84. The monoisotopic (exact) mass is 239 g/mol. The minimum absolute atomic E-state index is 0.401. The van der Waals surface area contributed by atoms with E-state index in [9.17, 15) is 0 Å². The van der Waals surface area contributed by atoms with E-state index in [0.29, 0.717) is 12.0 Å². The van der Waals surface area contributed by atoms with E-state index in [1.807, 2.05) is 6.92 Å². The Kier molecular flexibility index (Phi) is 5.30. The van der Waals surface area contributed by atoms with Crippen molar-refractivity contribution in [1.29, 1.82) is 0 Å². The summed E-state index contributed by atoms with van der Waals surface area (Å²) in [6.45, 7) is 9.75. The third-order valence-corrected chi connectivity index (χ3v) is 3.24. The molecule has 1 unspecified atom stereocenters. The van der Waals surface area contributed by atoms with E-state index in [2.05, 4.69) is 44.3 Å². The average Bonchev–Trinajstić information content (AvgIpc) is 2.23. The highest BCUT2D eigenvalue weighted by atomic mass is 35.5. The number of aryl methyl sites for hydroxylation is 1. The zero-order chi connectivity index (χ0) is 12.1. The molecule has 0 spiro atoms. The summed E-state index contributed by atoms with van der Waals surface area (Å²) < 4.78 is 0. The van der Waals surface area contributed by atoms with Crippen molar-refractivity contribution in [3.63, 3.8) is 0 Å². The fraction of sp³-hybridized carbons (Fsp3) is 0.571. The molecule has 0 amide bonds. The summed E-state index contributed by atoms with van der Waals surface area (Å²) in [6.07, 6.45) is 1.16. The number of halogens is 1. The Morgan fingerprint density at radius 1 is 1.31 bits per heavy atom. The SMILES string of the molecule is CCCNC(c1ccc(C)c(Cl)c1)C(C)C. The number of benzene rings is 1. The second kappa shape index (κ2) is 6.27. The Labute approximate surface area is 104 Å². The first-order chi connectivity index (χ1) is 7.56. The summed E-state index contributed by atoms with van der Waals surface area (Å²) in [6, 6.07) is 6.76. The van der Waals surface area contributed by atoms with Crippen LogP contribution in [0.4, 0.5) is 0 Å². The smallest absolute Gasteiger partial charge is 0.0438 e. The summed E-state index contributed by atoms with van der Waals surface area (Å²) in [7, 11) is 0. The lowest BCUT2D eigenvalue weighted by Gasteiger charge is -2.23. The molecule has 0 bridgehead atoms. The molecule has 0 saturated carbocycles. The first-order valence-corrected chi connectivity index (χ1v) is 6.43. The van der Waals surface area contributed by atoms with Gasteiger partial charge in [-0.3, -0.25) is 0 Å². The van der Waals surface area contributed by atoms with Crippen LogP contribution < -0.4 is 5.32 Å². The van der Waals surface area contributed by atoms with Gasteiger partial charge < -0.3 is 5.32 Å². The van der Waals surface area contributed by atoms with E-state index in [-0.39, 0.29) is 0 Å². The molecular formula is C14H22ClN. The van der Waals surface area contributed by atoms with Gasteiger partial charge >= 0.3 is 0 Å². The van der Waals surface area contributed by atoms with Crippen LogP contribution in [0.1, 0.15) is 44.4 Å². The van der Waals surface area contributed by atoms with E-state index in [1.54, 1.807) is 0 Å². The molecule has 1 N–H and O–H groups in total. The molecule has 0 saturated heterocycles. The Bertz CT molecular complexity index is 334. The highest BCUT2D eigenvalue weighted by Gasteiger charge is 2.15. The molecule has 1 aromatic rings. The second-order valence-corrected chi connectivity index (χ2v) is 5.09. The van der Waals surface area contributed by atoms with Gasteiger partial charge in [-0.1, -0.05) is 44.5 Å². The van der Waals surface area contributed by atoms with Crippen molar-refractivity contribution >= 4 is 11.6 Å². The molecule has 1 atom stereocenters. The van der Waals surface area contributed by atoms with E-state index >= 15 is 0 Å². The molecule has 2 heteroatoms. The van der Waals surface area contributed by atoms with Gasteiger partial charge in [-0.25, -0.2) is 0 Å². The largest absolute Gasteiger partial charge is 0.310 e. The standard InChI is InChI=1S/C14H22ClN/c1-5-8-16-14(10(2)3)12-7-6-11(4)13(15)9-12/h6-7,9-10,14,16H,5,8H2,1-4H3. The topological polar surface area (TPSA) is 12.0 Å². The lowest BCUT2D eigenvalue weighted by molar-refractivity contribution is 0.413. The van der Waals surface area contributed by atoms with Gasteiger partial charge in [0.15, 0.2) is 0 Å². The Balaban J connectivity index is 2.88. The molecule has 1 rings (SSSR count). The van der Waals surface area contributed by atoms with E-state index < -0.39 is 0 Å². The fourth-order valence-corrected chi connectivity index (χ4v) is 2.03. The van der Waals surface area contributed by atoms with Gasteiger partial charge in [-0.15, -0.1) is 0 Å². The van der Waals surface area contributed by atoms with Crippen molar-refractivity contribution in [2.45, 2.75) is 40.2 Å². The third kappa shape index (κ3) is 3.50. The summed E-state index contributed by atoms with van der Waals surface area (Å²) in [5.41, 5.74) is 2.43. The molecule has 16 heavy (non-hydrogen) atoms. The lowest BCUT2D eigenvalue weighted by Crippen LogP contribution is -2.26. The van der Waals surface area contributed by atoms with Crippen LogP contribution in [0, 0.1) is 12.8 Å². The molecule has 0 aliphatic carbocycles. The van der Waals surface area contributed by atoms with Crippen LogP contribution in [-0.4, -0.2) is 6.54 Å². The normalized spacial score (nSPS) is 13.1. The molecule has 0 radical (unpaired) electrons. The van der Waals surface area contributed by atoms with Gasteiger partial charge in [0.25, 0.3) is 0 Å². The van der Waals surface area contributed by atoms with Crippen LogP contribution in [-0.2, 0) is 0 Å². The van der Waals surface area contributed by atoms with Crippen LogP contribution in [0.15, 0.2) is 18.2 Å². The molecule has 90 valence electrons. The minimum atomic E-state index is 0.401. The van der Waals surface area contributed by atoms with Gasteiger partial charge in [-0.2, -0.15) is 0 Å². The molecule has 0 fully saturated rings. The van der Waals surface area contributed by atoms with Crippen molar-refractivity contribution in [2.24, 2.45) is 5.92 Å². The Morgan fingerprint density at radius 2 is 2.00 bits per heavy atom. The Morgan fingerprint density at radius 3 is 2.50 bits per heavy atom. The first-order valence-electron chi connectivity index (χ1n) is 6.05. The van der Waals surface area contributed by atoms with Crippen molar-refractivity contribution in [1.82, 2.24) is 5.32 Å². The molecular weight excluding hydrogens is 218 g/mol. The Hall–Kier alpha value is -0.530. The van der Waals surface area contributed by atoms with Crippen LogP contribution in [0.2, 0.25) is 5.02 Å². The zero-order valence-electron chi connectivity index (χ0n) is 10.7. The first kappa shape index (κ1) is 13.5. The second-order valence-electron chi connectivity index (χ2n) is 4.68. The van der Waals surface area contributed by atoms with Crippen molar-refractivity contribution in [3.8, 4) is 0 Å². The van der Waals surface area contributed by atoms with E-state index in [0.717, 1.165) is 23.6 Å². The van der Waals surface area contributed by atoms with Gasteiger partial charge in [-0.05, 0) is 43.0 Å². The average molecular weight is 240 g/mol. The predicted octanol–water partition coefficient (Wildman–Crippen LogP) is 4.35. The van der Waals surface area contributed by atoms with Crippen LogP contribution in [0.5, 0.6) is 0 Å². The van der Waals surface area contributed by atoms with E-state index in [1.165, 1.54) is 5.56 Å². The summed E-state index contributed by atoms with van der Waals surface area (Å²) in [5.74, 6) is 0.574. The maximum absolute atomic E-state index is 6.17. The van der Waals surface area contributed by atoms with Gasteiger partial charge in [0.05, 0.1) is 0 Å². The summed E-state index contributed by atoms with van der Waals surface area (Å²) in [4.78, 5) is 0. The molecule has 0 heterocycles. The zero-order valence-corrected chi connectivity index (χ0v) is 11.4. The third-order valence-electron chi connectivity index (χ3n) is 2.84. The van der Waals surface area contributed by atoms with Crippen LogP contribution >= 0.6 is 11.6 Å². The maximum atomic E-state index is 6.17. The van der Waals surface area contributed by atoms with Crippen molar-refractivity contribution in [3.05, 3.63) is 34.3 Å². The van der Waals surface area contributed by atoms with E-state index in [4.69, 9.17) is 11.6 Å².